The summed E-state index contributed by atoms with van der Waals surface area (Å²) in [6, 6.07) is 21.4. The first kappa shape index (κ1) is 49.0. The van der Waals surface area contributed by atoms with Crippen LogP contribution in [-0.2, 0) is 21.2 Å². The Bertz CT molecular complexity index is 2810. The quantitative estimate of drug-likeness (QED) is 0.0552. The predicted octanol–water partition coefficient (Wildman–Crippen LogP) is 9.38. The van der Waals surface area contributed by atoms with Crippen LogP contribution in [0.2, 0.25) is 5.02 Å². The minimum atomic E-state index is -4.53. The topological polar surface area (TPSA) is 154 Å². The Morgan fingerprint density at radius 2 is 1.78 bits per heavy atom. The summed E-state index contributed by atoms with van der Waals surface area (Å²) in [5.41, 5.74) is 6.27. The second-order valence-corrected chi connectivity index (χ2v) is 26.8. The van der Waals surface area contributed by atoms with E-state index in [1.54, 1.807) is 19.4 Å². The maximum absolute atomic E-state index is 14.1. The van der Waals surface area contributed by atoms with Crippen molar-refractivity contribution < 1.29 is 22.9 Å². The number of allylic oxidation sites excluding steroid dienone is 1. The number of piperazine rings is 1. The highest BCUT2D eigenvalue weighted by Gasteiger charge is 2.31. The van der Waals surface area contributed by atoms with E-state index in [2.05, 4.69) is 68.3 Å². The third-order valence-corrected chi connectivity index (χ3v) is 18.6. The molecule has 3 aromatic carbocycles. The first-order valence-electron chi connectivity index (χ1n) is 22.9. The van der Waals surface area contributed by atoms with Crippen molar-refractivity contribution in [1.29, 1.82) is 0 Å². The van der Waals surface area contributed by atoms with Crippen LogP contribution in [0.3, 0.4) is 0 Å². The van der Waals surface area contributed by atoms with Crippen LogP contribution < -0.4 is 9.62 Å². The highest BCUT2D eigenvalue weighted by Crippen LogP contribution is 2.44. The number of methoxy groups -OCH3 is 1. The molecule has 1 amide bonds. The number of nitro benzene ring substituents is 1. The number of benzene rings is 3. The van der Waals surface area contributed by atoms with Gasteiger partial charge in [0.25, 0.3) is 21.6 Å². The Morgan fingerprint density at radius 1 is 1.03 bits per heavy atom. The van der Waals surface area contributed by atoms with Crippen LogP contribution in [0.15, 0.2) is 105 Å². The van der Waals surface area contributed by atoms with Gasteiger partial charge in [0.05, 0.1) is 22.0 Å². The largest absolute Gasteiger partial charge is 0.384 e. The van der Waals surface area contributed by atoms with Gasteiger partial charge in [0.2, 0.25) is 0 Å². The van der Waals surface area contributed by atoms with Gasteiger partial charge in [-0.2, -0.15) is 0 Å². The molecule has 2 fully saturated rings. The summed E-state index contributed by atoms with van der Waals surface area (Å²) in [6.45, 7) is 12.9. The molecule has 0 spiro atoms. The molecule has 5 aromatic rings. The molecule has 13 nitrogen and oxygen atoms in total. The number of rotatable bonds is 16. The number of sulfonamides is 1. The van der Waals surface area contributed by atoms with Crippen LogP contribution in [-0.4, -0.2) is 130 Å². The van der Waals surface area contributed by atoms with Crippen LogP contribution in [0.1, 0.15) is 54.6 Å². The maximum atomic E-state index is 14.1. The van der Waals surface area contributed by atoms with E-state index in [4.69, 9.17) is 16.3 Å². The van der Waals surface area contributed by atoms with E-state index < -0.39 is 27.7 Å². The number of carbonyl (C=O) groups is 1. The first-order valence-corrected chi connectivity index (χ1v) is 28.3. The Labute approximate surface area is 403 Å². The van der Waals surface area contributed by atoms with E-state index in [1.807, 2.05) is 42.6 Å². The van der Waals surface area contributed by atoms with Crippen molar-refractivity contribution in [2.24, 2.45) is 11.3 Å². The number of anilines is 1. The number of hydrogen-bond donors (Lipinski definition) is 2. The number of carbonyl (C=O) groups excluding carboxylic acids is 1. The van der Waals surface area contributed by atoms with Gasteiger partial charge in [0, 0.05) is 109 Å². The zero-order valence-corrected chi connectivity index (χ0v) is 42.1. The van der Waals surface area contributed by atoms with Crippen molar-refractivity contribution in [2.75, 3.05) is 90.0 Å². The molecule has 2 aromatic heterocycles. The third kappa shape index (κ3) is 12.2. The smallest absolute Gasteiger partial charge is 0.273 e. The number of amides is 1. The Morgan fingerprint density at radius 3 is 2.49 bits per heavy atom. The summed E-state index contributed by atoms with van der Waals surface area (Å²) in [4.78, 5) is 41.8. The second kappa shape index (κ2) is 20.6. The molecular formula is C50H61ClN7O6PS2. The highest BCUT2D eigenvalue weighted by molar-refractivity contribution is 7.99. The van der Waals surface area contributed by atoms with Crippen molar-refractivity contribution in [1.82, 2.24) is 24.5 Å². The fourth-order valence-electron chi connectivity index (χ4n) is 9.53. The summed E-state index contributed by atoms with van der Waals surface area (Å²) >= 11 is 7.59. The van der Waals surface area contributed by atoms with Gasteiger partial charge in [-0.3, -0.25) is 19.8 Å². The van der Waals surface area contributed by atoms with Crippen molar-refractivity contribution in [3.63, 3.8) is 0 Å². The molecule has 0 bridgehead atoms. The van der Waals surface area contributed by atoms with Gasteiger partial charge in [-0.25, -0.2) is 18.1 Å². The summed E-state index contributed by atoms with van der Waals surface area (Å²) in [5.74, 6) is -0.889. The van der Waals surface area contributed by atoms with E-state index in [9.17, 15) is 23.3 Å². The van der Waals surface area contributed by atoms with E-state index in [0.717, 1.165) is 110 Å². The van der Waals surface area contributed by atoms with Crippen LogP contribution in [0.5, 0.6) is 0 Å². The number of halogens is 1. The number of ether oxygens (including phenoxy) is 1. The number of hydrogen-bond acceptors (Lipinski definition) is 11. The molecule has 0 saturated carbocycles. The number of aromatic nitrogens is 2. The highest BCUT2D eigenvalue weighted by atomic mass is 35.5. The van der Waals surface area contributed by atoms with Crippen LogP contribution >= 0.6 is 30.2 Å². The average molecular weight is 987 g/mol. The molecule has 0 radical (unpaired) electrons. The molecule has 3 aliphatic rings. The van der Waals surface area contributed by atoms with Crippen LogP contribution in [0, 0.1) is 21.4 Å². The molecular weight excluding hydrogens is 925 g/mol. The minimum Gasteiger partial charge on any atom is -0.384 e. The van der Waals surface area contributed by atoms with Gasteiger partial charge in [-0.15, -0.1) is 13.2 Å². The number of fused-ring (bicyclic) bond motifs is 1. The van der Waals surface area contributed by atoms with Gasteiger partial charge >= 0.3 is 0 Å². The van der Waals surface area contributed by atoms with E-state index in [0.29, 0.717) is 30.0 Å². The number of H-pyrrole nitrogens is 1. The summed E-state index contributed by atoms with van der Waals surface area (Å²) in [7, 11) is -2.92. The Balaban J connectivity index is 0.996. The molecule has 356 valence electrons. The van der Waals surface area contributed by atoms with E-state index in [1.165, 1.54) is 40.6 Å². The van der Waals surface area contributed by atoms with Gasteiger partial charge in [0.15, 0.2) is 0 Å². The fraction of sp³-hybridized carbons (Fsp3) is 0.420. The molecule has 67 heavy (non-hydrogen) atoms. The molecule has 8 rings (SSSR count). The van der Waals surface area contributed by atoms with E-state index in [-0.39, 0.29) is 27.5 Å². The number of aromatic amines is 1. The normalized spacial score (nSPS) is 18.6. The van der Waals surface area contributed by atoms with Crippen molar-refractivity contribution >= 4 is 80.5 Å². The van der Waals surface area contributed by atoms with Gasteiger partial charge in [0.1, 0.15) is 5.65 Å². The van der Waals surface area contributed by atoms with Crippen molar-refractivity contribution in [2.45, 2.75) is 54.2 Å². The molecule has 17 heteroatoms. The summed E-state index contributed by atoms with van der Waals surface area (Å²) in [6.07, 6.45) is 13.6. The summed E-state index contributed by atoms with van der Waals surface area (Å²) in [5, 5.41) is 14.1. The number of pyridine rings is 1. The maximum Gasteiger partial charge on any atom is 0.273 e. The molecule has 2 aliphatic heterocycles. The number of nitro groups is 1. The second-order valence-electron chi connectivity index (χ2n) is 19.4. The molecule has 4 heterocycles. The lowest BCUT2D eigenvalue weighted by atomic mass is 9.72. The van der Waals surface area contributed by atoms with Gasteiger partial charge in [-0.05, 0) is 116 Å². The SMILES string of the molecule is C=P1(C)CCN(CC(COC)Cc2ccc(S(=O)(=O)NC(=O)c3ccc(N4CCN(CC5=C(c6ccc(Cl)cc6)CC(C)(C)CC5)CC4)cc3Sc3cnc4[nH]ccc4c3)cc2[N+](=O)[O-])CC1. The number of nitrogens with zero attached hydrogens (tertiary/aromatic N) is 5. The molecule has 2 saturated heterocycles. The zero-order valence-electron chi connectivity index (χ0n) is 38.8. The molecule has 1 unspecified atom stereocenters. The molecule has 1 atom stereocenters. The van der Waals surface area contributed by atoms with Gasteiger partial charge in [-0.1, -0.05) is 61.0 Å². The zero-order chi connectivity index (χ0) is 47.5. The number of nitrogens with one attached hydrogen (secondary N) is 2. The van der Waals surface area contributed by atoms with E-state index >= 15 is 0 Å². The lowest BCUT2D eigenvalue weighted by molar-refractivity contribution is -0.385. The Kier molecular flexibility index (Phi) is 15.1. The van der Waals surface area contributed by atoms with Crippen molar-refractivity contribution in [3.05, 3.63) is 123 Å². The lowest BCUT2D eigenvalue weighted by Crippen LogP contribution is -2.47. The van der Waals surface area contributed by atoms with Crippen LogP contribution in [0.25, 0.3) is 16.6 Å². The van der Waals surface area contributed by atoms with Crippen LogP contribution in [0.4, 0.5) is 11.4 Å². The third-order valence-electron chi connectivity index (χ3n) is 13.5. The fourth-order valence-corrected chi connectivity index (χ4v) is 13.4. The van der Waals surface area contributed by atoms with Gasteiger partial charge < -0.3 is 19.5 Å². The van der Waals surface area contributed by atoms with Crippen molar-refractivity contribution in [3.8, 4) is 0 Å². The monoisotopic (exact) mass is 985 g/mol. The minimum absolute atomic E-state index is 0.0460. The lowest BCUT2D eigenvalue weighted by Gasteiger charge is -2.39. The first-order chi connectivity index (χ1) is 31.9. The summed E-state index contributed by atoms with van der Waals surface area (Å²) < 4.78 is 35.6. The molecule has 2 N–H and O–H groups in total. The standard InChI is InChI=1S/C50H61ClN7O6PS2/c1-50(2)16-14-39(45(30-50)36-6-9-40(51)10-7-36)33-55-18-20-57(21-19-55)41-11-13-44(47(28-41)66-42-27-38-15-17-52-48(38)53-31-42)49(59)54-67(62,63)43-12-8-37(46(29-43)58(60)61)26-35(34-64-3)32-56-22-24-65(4,5)25-23-56/h6-13,15,17,27-29,31,35H,4,14,16,18-26,30,32-34H2,1-3,5H3,(H,52,53)(H,54,59). The Hall–Kier alpha value is -4.47. The predicted molar refractivity (Wildman–Crippen MR) is 274 cm³/mol. The molecule has 1 aliphatic carbocycles. The average Bonchev–Trinajstić information content (AvgIpc) is 3.76.